The quantitative estimate of drug-likeness (QED) is 0.274. The van der Waals surface area contributed by atoms with Crippen LogP contribution in [0.3, 0.4) is 0 Å². The van der Waals surface area contributed by atoms with Gasteiger partial charge in [0.15, 0.2) is 6.79 Å². The largest absolute Gasteiger partial charge is 0.507 e. The van der Waals surface area contributed by atoms with Crippen molar-refractivity contribution in [2.75, 3.05) is 21.0 Å². The minimum atomic E-state index is -0.859. The summed E-state index contributed by atoms with van der Waals surface area (Å²) in [6.07, 6.45) is 3.81. The smallest absolute Gasteiger partial charge is 0.188 e. The molecular formula is C23H24F2O5. The molecule has 0 aromatic heterocycles. The summed E-state index contributed by atoms with van der Waals surface area (Å²) in [7, 11) is 2.80. The van der Waals surface area contributed by atoms with E-state index in [4.69, 9.17) is 14.2 Å². The fraction of sp³-hybridized carbons (Fsp3) is 0.261. The zero-order chi connectivity index (χ0) is 22.3. The number of ether oxygens (including phenoxy) is 3. The molecule has 2 aromatic rings. The number of hydrogen-bond acceptors (Lipinski definition) is 5. The number of aldehydes is 1. The molecule has 2 rings (SSSR count). The van der Waals surface area contributed by atoms with Crippen molar-refractivity contribution in [3.8, 4) is 17.2 Å². The molecule has 0 aliphatic heterocycles. The number of halogens is 2. The van der Waals surface area contributed by atoms with Crippen LogP contribution in [0.2, 0.25) is 0 Å². The number of allylic oxidation sites excluding steroid dienone is 3. The lowest BCUT2D eigenvalue weighted by Gasteiger charge is -2.21. The van der Waals surface area contributed by atoms with Crippen LogP contribution in [0.5, 0.6) is 17.2 Å². The summed E-state index contributed by atoms with van der Waals surface area (Å²) in [6, 6.07) is 4.40. The third-order valence-electron chi connectivity index (χ3n) is 4.31. The Hall–Kier alpha value is -3.19. The number of carbonyl (C=O) groups excluding carboxylic acids is 1. The summed E-state index contributed by atoms with van der Waals surface area (Å²) in [5.74, 6) is -1.38. The second kappa shape index (κ2) is 10.5. The van der Waals surface area contributed by atoms with Gasteiger partial charge in [-0.25, -0.2) is 8.78 Å². The highest BCUT2D eigenvalue weighted by Gasteiger charge is 2.25. The van der Waals surface area contributed by atoms with Crippen LogP contribution in [0.1, 0.15) is 30.5 Å². The second-order valence-corrected chi connectivity index (χ2v) is 6.66. The summed E-state index contributed by atoms with van der Waals surface area (Å²) in [4.78, 5) is 11.4. The van der Waals surface area contributed by atoms with Crippen LogP contribution >= 0.6 is 0 Å². The molecule has 7 heteroatoms. The van der Waals surface area contributed by atoms with Gasteiger partial charge in [-0.2, -0.15) is 0 Å². The maximum absolute atomic E-state index is 14.6. The number of hydrogen-bond donors (Lipinski definition) is 1. The first-order valence-electron chi connectivity index (χ1n) is 9.13. The van der Waals surface area contributed by atoms with Crippen molar-refractivity contribution in [1.82, 2.24) is 0 Å². The lowest BCUT2D eigenvalue weighted by atomic mass is 9.92. The SMILES string of the molecule is COCOc1c(CC=C(C)C)c(O)cc(OC)c1/C(=C/C=O)c1ccc(F)cc1F. The molecule has 0 aliphatic rings. The normalized spacial score (nSPS) is 11.2. The maximum atomic E-state index is 14.6. The van der Waals surface area contributed by atoms with Crippen molar-refractivity contribution in [3.05, 3.63) is 70.3 Å². The van der Waals surface area contributed by atoms with Gasteiger partial charge >= 0.3 is 0 Å². The Morgan fingerprint density at radius 2 is 1.90 bits per heavy atom. The molecule has 2 aromatic carbocycles. The van der Waals surface area contributed by atoms with E-state index in [0.29, 0.717) is 18.3 Å². The van der Waals surface area contributed by atoms with Gasteiger partial charge in [-0.15, -0.1) is 0 Å². The molecular weight excluding hydrogens is 394 g/mol. The molecule has 0 fully saturated rings. The molecule has 0 radical (unpaired) electrons. The average Bonchev–Trinajstić information content (AvgIpc) is 2.69. The van der Waals surface area contributed by atoms with E-state index < -0.39 is 11.6 Å². The first-order valence-corrected chi connectivity index (χ1v) is 9.13. The molecule has 160 valence electrons. The molecule has 1 N–H and O–H groups in total. The highest BCUT2D eigenvalue weighted by atomic mass is 19.1. The van der Waals surface area contributed by atoms with Crippen molar-refractivity contribution < 1.29 is 32.9 Å². The van der Waals surface area contributed by atoms with E-state index in [9.17, 15) is 18.7 Å². The van der Waals surface area contributed by atoms with Crippen molar-refractivity contribution in [1.29, 1.82) is 0 Å². The molecule has 0 atom stereocenters. The minimum absolute atomic E-state index is 0.0251. The topological polar surface area (TPSA) is 65.0 Å². The van der Waals surface area contributed by atoms with Crippen molar-refractivity contribution >= 4 is 11.9 Å². The fourth-order valence-corrected chi connectivity index (χ4v) is 2.94. The number of benzene rings is 2. The van der Waals surface area contributed by atoms with E-state index in [2.05, 4.69) is 0 Å². The third kappa shape index (κ3) is 5.24. The van der Waals surface area contributed by atoms with Gasteiger partial charge in [0.25, 0.3) is 0 Å². The fourth-order valence-electron chi connectivity index (χ4n) is 2.94. The number of methoxy groups -OCH3 is 2. The lowest BCUT2D eigenvalue weighted by Crippen LogP contribution is -2.08. The van der Waals surface area contributed by atoms with Crippen LogP contribution < -0.4 is 9.47 Å². The monoisotopic (exact) mass is 418 g/mol. The van der Waals surface area contributed by atoms with Crippen LogP contribution in [0.4, 0.5) is 8.78 Å². The molecule has 0 heterocycles. The van der Waals surface area contributed by atoms with Gasteiger partial charge in [-0.05, 0) is 38.5 Å². The van der Waals surface area contributed by atoms with Crippen LogP contribution in [0.15, 0.2) is 42.0 Å². The third-order valence-corrected chi connectivity index (χ3v) is 4.31. The molecule has 0 bridgehead atoms. The van der Waals surface area contributed by atoms with Gasteiger partial charge in [-0.1, -0.05) is 11.6 Å². The van der Waals surface area contributed by atoms with Gasteiger partial charge in [0.1, 0.15) is 35.2 Å². The van der Waals surface area contributed by atoms with Crippen molar-refractivity contribution in [2.24, 2.45) is 0 Å². The number of phenols is 1. The van der Waals surface area contributed by atoms with E-state index in [0.717, 1.165) is 23.8 Å². The first kappa shape index (κ1) is 23.1. The molecule has 0 unspecified atom stereocenters. The van der Waals surface area contributed by atoms with E-state index in [1.54, 1.807) is 0 Å². The highest BCUT2D eigenvalue weighted by molar-refractivity contribution is 5.94. The Morgan fingerprint density at radius 3 is 2.47 bits per heavy atom. The number of rotatable bonds is 9. The average molecular weight is 418 g/mol. The standard InChI is InChI=1S/C23H24F2O5/c1-14(2)5-7-18-20(27)12-21(29-4)22(23(18)30-13-28-3)17(9-10-26)16-8-6-15(24)11-19(16)25/h5-6,8-12,27H,7,13H2,1-4H3/b17-9+. The Balaban J connectivity index is 2.87. The summed E-state index contributed by atoms with van der Waals surface area (Å²) in [6.45, 7) is 3.65. The number of phenolic OH excluding ortho intramolecular Hbond substituents is 1. The zero-order valence-corrected chi connectivity index (χ0v) is 17.3. The van der Waals surface area contributed by atoms with Crippen molar-refractivity contribution in [2.45, 2.75) is 20.3 Å². The lowest BCUT2D eigenvalue weighted by molar-refractivity contribution is -0.104. The van der Waals surface area contributed by atoms with E-state index in [1.165, 1.54) is 26.4 Å². The molecule has 30 heavy (non-hydrogen) atoms. The summed E-state index contributed by atoms with van der Waals surface area (Å²) in [5.41, 5.74) is 1.75. The predicted octanol–water partition coefficient (Wildman–Crippen LogP) is 4.80. The van der Waals surface area contributed by atoms with Gasteiger partial charge < -0.3 is 19.3 Å². The van der Waals surface area contributed by atoms with Gasteiger partial charge in [0, 0.05) is 35.9 Å². The number of aromatic hydroxyl groups is 1. The molecule has 0 saturated carbocycles. The van der Waals surface area contributed by atoms with E-state index in [1.807, 2.05) is 19.9 Å². The second-order valence-electron chi connectivity index (χ2n) is 6.66. The van der Waals surface area contributed by atoms with Crippen LogP contribution in [-0.2, 0) is 16.0 Å². The van der Waals surface area contributed by atoms with Crippen molar-refractivity contribution in [3.63, 3.8) is 0 Å². The summed E-state index contributed by atoms with van der Waals surface area (Å²) >= 11 is 0. The molecule has 0 saturated heterocycles. The van der Waals surface area contributed by atoms with Crippen LogP contribution in [0, 0.1) is 11.6 Å². The van der Waals surface area contributed by atoms with Gasteiger partial charge in [0.05, 0.1) is 12.7 Å². The van der Waals surface area contributed by atoms with Gasteiger partial charge in [0.2, 0.25) is 0 Å². The Kier molecular flexibility index (Phi) is 8.12. The molecule has 5 nitrogen and oxygen atoms in total. The number of carbonyl (C=O) groups is 1. The highest BCUT2D eigenvalue weighted by Crippen LogP contribution is 2.45. The molecule has 0 amide bonds. The Bertz CT molecular complexity index is 976. The van der Waals surface area contributed by atoms with E-state index in [-0.39, 0.29) is 40.7 Å². The summed E-state index contributed by atoms with van der Waals surface area (Å²) < 4.78 is 44.2. The Morgan fingerprint density at radius 1 is 1.17 bits per heavy atom. The first-order chi connectivity index (χ1) is 14.3. The summed E-state index contributed by atoms with van der Waals surface area (Å²) in [5, 5.41) is 10.6. The predicted molar refractivity (Wildman–Crippen MR) is 110 cm³/mol. The minimum Gasteiger partial charge on any atom is -0.507 e. The van der Waals surface area contributed by atoms with E-state index >= 15 is 0 Å². The van der Waals surface area contributed by atoms with Crippen LogP contribution in [0.25, 0.3) is 5.57 Å². The molecule has 0 aliphatic carbocycles. The van der Waals surface area contributed by atoms with Gasteiger partial charge in [-0.3, -0.25) is 4.79 Å². The Labute approximate surface area is 174 Å². The zero-order valence-electron chi connectivity index (χ0n) is 17.3. The molecule has 0 spiro atoms. The maximum Gasteiger partial charge on any atom is 0.188 e. The van der Waals surface area contributed by atoms with Crippen LogP contribution in [-0.4, -0.2) is 32.4 Å².